The second-order valence-electron chi connectivity index (χ2n) is 7.10. The van der Waals surface area contributed by atoms with Crippen LogP contribution in [0.5, 0.6) is 5.75 Å². The van der Waals surface area contributed by atoms with Gasteiger partial charge in [0.05, 0.1) is 4.90 Å². The first-order valence-corrected chi connectivity index (χ1v) is 10.8. The first kappa shape index (κ1) is 21.2. The van der Waals surface area contributed by atoms with Crippen LogP contribution in [0.2, 0.25) is 0 Å². The Morgan fingerprint density at radius 2 is 1.74 bits per heavy atom. The molecular formula is C20H19F2N3O5S. The number of pyridine rings is 1. The summed E-state index contributed by atoms with van der Waals surface area (Å²) in [6, 6.07) is 8.41. The Hall–Kier alpha value is -3.05. The fraction of sp³-hybridized carbons (Fsp3) is 0.300. The summed E-state index contributed by atoms with van der Waals surface area (Å²) in [7, 11) is -3.80. The monoisotopic (exact) mass is 451 g/mol. The molecule has 2 aliphatic rings. The van der Waals surface area contributed by atoms with Crippen LogP contribution in [-0.4, -0.2) is 61.5 Å². The molecule has 11 heteroatoms. The normalized spacial score (nSPS) is 16.7. The number of rotatable bonds is 6. The minimum atomic E-state index is -3.80. The van der Waals surface area contributed by atoms with E-state index in [2.05, 4.69) is 9.72 Å². The van der Waals surface area contributed by atoms with Gasteiger partial charge in [-0.25, -0.2) is 13.2 Å². The van der Waals surface area contributed by atoms with Gasteiger partial charge < -0.3 is 14.4 Å². The van der Waals surface area contributed by atoms with E-state index in [9.17, 15) is 22.0 Å². The molecule has 0 fully saturated rings. The van der Waals surface area contributed by atoms with Crippen molar-refractivity contribution in [2.24, 2.45) is 0 Å². The molecule has 1 amide bonds. The first-order chi connectivity index (χ1) is 14.8. The zero-order valence-electron chi connectivity index (χ0n) is 16.3. The van der Waals surface area contributed by atoms with E-state index in [0.29, 0.717) is 13.1 Å². The van der Waals surface area contributed by atoms with Crippen LogP contribution in [0, 0.1) is 0 Å². The molecular weight excluding hydrogens is 432 g/mol. The van der Waals surface area contributed by atoms with Gasteiger partial charge in [0.2, 0.25) is 10.0 Å². The van der Waals surface area contributed by atoms with Crippen LogP contribution >= 0.6 is 0 Å². The standard InChI is InChI=1S/C20H19F2N3O5S/c21-19(22)30-17-3-5-18(6-4-17)31(27,28)25-11-15-9-24(10-16(15)12-25)20(26)29-13-14-2-1-7-23-8-14/h1-8,19H,9-13H2. The van der Waals surface area contributed by atoms with Crippen LogP contribution in [-0.2, 0) is 21.4 Å². The first-order valence-electron chi connectivity index (χ1n) is 9.38. The Kier molecular flexibility index (Phi) is 5.88. The Morgan fingerprint density at radius 1 is 1.06 bits per heavy atom. The highest BCUT2D eigenvalue weighted by atomic mass is 32.2. The largest absolute Gasteiger partial charge is 0.444 e. The van der Waals surface area contributed by atoms with Gasteiger partial charge in [0.15, 0.2) is 0 Å². The lowest BCUT2D eigenvalue weighted by molar-refractivity contribution is -0.0498. The molecule has 0 saturated heterocycles. The van der Waals surface area contributed by atoms with Crippen LogP contribution in [0.3, 0.4) is 0 Å². The molecule has 1 aromatic carbocycles. The fourth-order valence-corrected chi connectivity index (χ4v) is 4.94. The van der Waals surface area contributed by atoms with Crippen molar-refractivity contribution in [3.05, 3.63) is 65.5 Å². The third-order valence-electron chi connectivity index (χ3n) is 5.03. The van der Waals surface area contributed by atoms with Gasteiger partial charge in [-0.15, -0.1) is 0 Å². The van der Waals surface area contributed by atoms with E-state index >= 15 is 0 Å². The Bertz CT molecular complexity index is 1070. The van der Waals surface area contributed by atoms with Gasteiger partial charge in [-0.05, 0) is 41.5 Å². The second kappa shape index (κ2) is 8.60. The summed E-state index contributed by atoms with van der Waals surface area (Å²) in [6.07, 6.45) is 2.78. The quantitative estimate of drug-likeness (QED) is 0.628. The molecule has 3 heterocycles. The van der Waals surface area contributed by atoms with E-state index in [1.54, 1.807) is 24.5 Å². The number of sulfonamides is 1. The van der Waals surface area contributed by atoms with Gasteiger partial charge in [-0.2, -0.15) is 13.1 Å². The maximum atomic E-state index is 12.9. The van der Waals surface area contributed by atoms with Crippen LogP contribution < -0.4 is 4.74 Å². The van der Waals surface area contributed by atoms with E-state index in [4.69, 9.17) is 4.74 Å². The van der Waals surface area contributed by atoms with Crippen molar-refractivity contribution in [2.75, 3.05) is 26.2 Å². The molecule has 0 radical (unpaired) electrons. The van der Waals surface area contributed by atoms with Crippen LogP contribution in [0.1, 0.15) is 5.56 Å². The number of carbonyl (C=O) groups is 1. The van der Waals surface area contributed by atoms with E-state index in [0.717, 1.165) is 16.7 Å². The predicted octanol–water partition coefficient (Wildman–Crippen LogP) is 2.64. The average Bonchev–Trinajstić information content (AvgIpc) is 3.33. The predicted molar refractivity (Wildman–Crippen MR) is 105 cm³/mol. The molecule has 0 aliphatic carbocycles. The summed E-state index contributed by atoms with van der Waals surface area (Å²) >= 11 is 0. The molecule has 0 N–H and O–H groups in total. The molecule has 1 aromatic heterocycles. The maximum absolute atomic E-state index is 12.9. The minimum Gasteiger partial charge on any atom is -0.444 e. The molecule has 31 heavy (non-hydrogen) atoms. The number of nitrogens with zero attached hydrogens (tertiary/aromatic N) is 3. The second-order valence-corrected chi connectivity index (χ2v) is 9.04. The highest BCUT2D eigenvalue weighted by Crippen LogP contribution is 2.31. The number of carbonyl (C=O) groups excluding carboxylic acids is 1. The van der Waals surface area contributed by atoms with Crippen molar-refractivity contribution in [1.29, 1.82) is 0 Å². The smallest absolute Gasteiger partial charge is 0.410 e. The number of halogens is 2. The van der Waals surface area contributed by atoms with E-state index in [1.807, 2.05) is 0 Å². The lowest BCUT2D eigenvalue weighted by atomic mass is 10.2. The number of aromatic nitrogens is 1. The highest BCUT2D eigenvalue weighted by Gasteiger charge is 2.38. The minimum absolute atomic E-state index is 0.0111. The van der Waals surface area contributed by atoms with Crippen LogP contribution in [0.25, 0.3) is 0 Å². The van der Waals surface area contributed by atoms with Crippen molar-refractivity contribution in [2.45, 2.75) is 18.1 Å². The molecule has 2 aromatic rings. The summed E-state index contributed by atoms with van der Waals surface area (Å²) < 4.78 is 61.1. The third kappa shape index (κ3) is 4.67. The molecule has 0 spiro atoms. The van der Waals surface area contributed by atoms with Gasteiger partial charge in [0.25, 0.3) is 0 Å². The molecule has 4 rings (SSSR count). The zero-order chi connectivity index (χ0) is 22.0. The molecule has 2 aliphatic heterocycles. The third-order valence-corrected chi connectivity index (χ3v) is 6.83. The van der Waals surface area contributed by atoms with Crippen molar-refractivity contribution in [3.8, 4) is 5.75 Å². The maximum Gasteiger partial charge on any atom is 0.410 e. The lowest BCUT2D eigenvalue weighted by Crippen LogP contribution is -2.36. The Morgan fingerprint density at radius 3 is 2.32 bits per heavy atom. The summed E-state index contributed by atoms with van der Waals surface area (Å²) in [6.45, 7) is -1.94. The molecule has 0 unspecified atom stereocenters. The summed E-state index contributed by atoms with van der Waals surface area (Å²) in [5.41, 5.74) is 2.50. The van der Waals surface area contributed by atoms with Gasteiger partial charge in [-0.3, -0.25) is 4.98 Å². The molecule has 164 valence electrons. The number of benzene rings is 1. The Labute approximate surface area is 177 Å². The molecule has 8 nitrogen and oxygen atoms in total. The van der Waals surface area contributed by atoms with Gasteiger partial charge in [0.1, 0.15) is 12.4 Å². The summed E-state index contributed by atoms with van der Waals surface area (Å²) in [4.78, 5) is 17.8. The lowest BCUT2D eigenvalue weighted by Gasteiger charge is -2.22. The van der Waals surface area contributed by atoms with Gasteiger partial charge in [-0.1, -0.05) is 6.07 Å². The number of hydrogen-bond acceptors (Lipinski definition) is 6. The molecule has 0 atom stereocenters. The van der Waals surface area contributed by atoms with Crippen molar-refractivity contribution in [1.82, 2.24) is 14.2 Å². The molecule has 0 bridgehead atoms. The highest BCUT2D eigenvalue weighted by molar-refractivity contribution is 7.89. The van der Waals surface area contributed by atoms with E-state index < -0.39 is 22.7 Å². The Balaban J connectivity index is 1.33. The number of ether oxygens (including phenoxy) is 2. The van der Waals surface area contributed by atoms with Crippen LogP contribution in [0.15, 0.2) is 64.8 Å². The summed E-state index contributed by atoms with van der Waals surface area (Å²) in [5.74, 6) is -0.114. The average molecular weight is 451 g/mol. The van der Waals surface area contributed by atoms with Gasteiger partial charge >= 0.3 is 12.7 Å². The van der Waals surface area contributed by atoms with Gasteiger partial charge in [0, 0.05) is 44.1 Å². The van der Waals surface area contributed by atoms with Crippen molar-refractivity contribution >= 4 is 16.1 Å². The van der Waals surface area contributed by atoms with E-state index in [1.165, 1.54) is 33.5 Å². The topological polar surface area (TPSA) is 89.0 Å². The van der Waals surface area contributed by atoms with Crippen LogP contribution in [0.4, 0.5) is 13.6 Å². The SMILES string of the molecule is O=C(OCc1cccnc1)N1CC2=C(C1)CN(S(=O)(=O)c1ccc(OC(F)F)cc1)C2. The number of alkyl halides is 2. The zero-order valence-corrected chi connectivity index (χ0v) is 17.1. The summed E-state index contributed by atoms with van der Waals surface area (Å²) in [5, 5.41) is 0. The fourth-order valence-electron chi connectivity index (χ4n) is 3.51. The van der Waals surface area contributed by atoms with E-state index in [-0.39, 0.29) is 30.3 Å². The van der Waals surface area contributed by atoms with Crippen molar-refractivity contribution in [3.63, 3.8) is 0 Å². The number of amides is 1. The number of hydrogen-bond donors (Lipinski definition) is 0. The molecule has 0 saturated carbocycles. The van der Waals surface area contributed by atoms with Crippen molar-refractivity contribution < 1.29 is 31.5 Å².